The summed E-state index contributed by atoms with van der Waals surface area (Å²) in [5.74, 6) is 0.868. The predicted octanol–water partition coefficient (Wildman–Crippen LogP) is 5.30. The first-order chi connectivity index (χ1) is 10.2. The second-order valence-corrected chi connectivity index (χ2v) is 5.94. The van der Waals surface area contributed by atoms with E-state index in [-0.39, 0.29) is 10.9 Å². The fourth-order valence-electron chi connectivity index (χ4n) is 2.31. The molecule has 2 aromatic rings. The van der Waals surface area contributed by atoms with Crippen molar-refractivity contribution in [3.63, 3.8) is 0 Å². The van der Waals surface area contributed by atoms with Crippen LogP contribution in [0, 0.1) is 0 Å². The normalized spacial score (nSPS) is 13.7. The number of hydrogen-bond acceptors (Lipinski definition) is 2. The third-order valence-electron chi connectivity index (χ3n) is 3.44. The van der Waals surface area contributed by atoms with Gasteiger partial charge in [0.15, 0.2) is 0 Å². The Labute approximate surface area is 135 Å². The van der Waals surface area contributed by atoms with Crippen LogP contribution in [0.2, 0.25) is 0 Å². The minimum atomic E-state index is 0.0745. The molecule has 0 fully saturated rings. The van der Waals surface area contributed by atoms with Crippen molar-refractivity contribution in [3.05, 3.63) is 65.7 Å². The van der Waals surface area contributed by atoms with Gasteiger partial charge in [0.05, 0.1) is 13.2 Å². The molecule has 0 aliphatic rings. The van der Waals surface area contributed by atoms with E-state index >= 15 is 0 Å². The van der Waals surface area contributed by atoms with Gasteiger partial charge in [-0.15, -0.1) is 0 Å². The van der Waals surface area contributed by atoms with Gasteiger partial charge >= 0.3 is 0 Å². The Hall–Kier alpha value is -1.32. The smallest absolute Gasteiger partial charge is 0.118 e. The van der Waals surface area contributed by atoms with Crippen LogP contribution in [0.3, 0.4) is 0 Å². The van der Waals surface area contributed by atoms with Crippen molar-refractivity contribution in [1.29, 1.82) is 0 Å². The van der Waals surface area contributed by atoms with Crippen molar-refractivity contribution in [2.45, 2.75) is 24.3 Å². The Morgan fingerprint density at radius 1 is 0.952 bits per heavy atom. The largest absolute Gasteiger partial charge is 0.497 e. The van der Waals surface area contributed by atoms with Gasteiger partial charge in [-0.3, -0.25) is 0 Å². The first kappa shape index (κ1) is 16.1. The van der Waals surface area contributed by atoms with Crippen molar-refractivity contribution in [2.24, 2.45) is 0 Å². The van der Waals surface area contributed by atoms with Gasteiger partial charge in [-0.05, 0) is 36.6 Å². The molecule has 2 nitrogen and oxygen atoms in total. The molecule has 112 valence electrons. The second kappa shape index (κ2) is 8.20. The molecular weight excluding hydrogens is 328 g/mol. The summed E-state index contributed by atoms with van der Waals surface area (Å²) >= 11 is 3.78. The number of rotatable bonds is 7. The summed E-state index contributed by atoms with van der Waals surface area (Å²) in [6.45, 7) is 2.73. The SMILES string of the molecule is CCO[C@H](C[C@@H](Br)c1ccccc1)c1ccc(OC)cc1. The van der Waals surface area contributed by atoms with E-state index in [1.807, 2.05) is 25.1 Å². The van der Waals surface area contributed by atoms with Gasteiger partial charge in [-0.1, -0.05) is 58.4 Å². The van der Waals surface area contributed by atoms with Gasteiger partial charge in [0.1, 0.15) is 5.75 Å². The van der Waals surface area contributed by atoms with E-state index in [0.29, 0.717) is 6.61 Å². The van der Waals surface area contributed by atoms with E-state index < -0.39 is 0 Å². The van der Waals surface area contributed by atoms with Gasteiger partial charge in [-0.2, -0.15) is 0 Å². The highest BCUT2D eigenvalue weighted by molar-refractivity contribution is 9.09. The fourth-order valence-corrected chi connectivity index (χ4v) is 2.95. The highest BCUT2D eigenvalue weighted by Gasteiger charge is 2.18. The Morgan fingerprint density at radius 3 is 2.19 bits per heavy atom. The summed E-state index contributed by atoms with van der Waals surface area (Å²) in [6, 6.07) is 18.5. The average molecular weight is 349 g/mol. The number of methoxy groups -OCH3 is 1. The molecule has 2 rings (SSSR count). The van der Waals surface area contributed by atoms with Crippen LogP contribution < -0.4 is 4.74 Å². The van der Waals surface area contributed by atoms with Crippen molar-refractivity contribution in [3.8, 4) is 5.75 Å². The van der Waals surface area contributed by atoms with E-state index in [0.717, 1.165) is 12.2 Å². The maximum absolute atomic E-state index is 5.92. The van der Waals surface area contributed by atoms with E-state index in [4.69, 9.17) is 9.47 Å². The molecule has 0 aliphatic heterocycles. The van der Waals surface area contributed by atoms with Gasteiger partial charge in [0.2, 0.25) is 0 Å². The molecule has 0 saturated heterocycles. The summed E-state index contributed by atoms with van der Waals surface area (Å²) in [7, 11) is 1.68. The Bertz CT molecular complexity index is 525. The minimum absolute atomic E-state index is 0.0745. The van der Waals surface area contributed by atoms with Crippen LogP contribution in [0.4, 0.5) is 0 Å². The van der Waals surface area contributed by atoms with E-state index in [1.54, 1.807) is 7.11 Å². The zero-order chi connectivity index (χ0) is 15.1. The van der Waals surface area contributed by atoms with Crippen LogP contribution >= 0.6 is 15.9 Å². The first-order valence-corrected chi connectivity index (χ1v) is 8.10. The average Bonchev–Trinajstić information content (AvgIpc) is 2.55. The topological polar surface area (TPSA) is 18.5 Å². The molecule has 21 heavy (non-hydrogen) atoms. The molecule has 0 heterocycles. The number of ether oxygens (including phenoxy) is 2. The number of halogens is 1. The molecule has 0 radical (unpaired) electrons. The lowest BCUT2D eigenvalue weighted by molar-refractivity contribution is 0.0562. The number of benzene rings is 2. The van der Waals surface area contributed by atoms with Crippen LogP contribution in [0.1, 0.15) is 35.4 Å². The van der Waals surface area contributed by atoms with Gasteiger partial charge in [-0.25, -0.2) is 0 Å². The molecule has 0 N–H and O–H groups in total. The van der Waals surface area contributed by atoms with Crippen molar-refractivity contribution in [1.82, 2.24) is 0 Å². The molecular formula is C18H21BrO2. The predicted molar refractivity (Wildman–Crippen MR) is 90.1 cm³/mol. The standard InChI is InChI=1S/C18H21BrO2/c1-3-21-18(15-9-11-16(20-2)12-10-15)13-17(19)14-7-5-4-6-8-14/h4-12,17-18H,3,13H2,1-2H3/t17-,18-/m1/s1. The summed E-state index contributed by atoms with van der Waals surface area (Å²) in [6.07, 6.45) is 0.968. The monoisotopic (exact) mass is 348 g/mol. The molecule has 2 atom stereocenters. The molecule has 0 bridgehead atoms. The van der Waals surface area contributed by atoms with Crippen molar-refractivity contribution < 1.29 is 9.47 Å². The molecule has 2 aromatic carbocycles. The Balaban J connectivity index is 2.11. The summed E-state index contributed by atoms with van der Waals surface area (Å²) in [5, 5.41) is 0. The van der Waals surface area contributed by atoms with Crippen LogP contribution in [-0.4, -0.2) is 13.7 Å². The van der Waals surface area contributed by atoms with Crippen molar-refractivity contribution in [2.75, 3.05) is 13.7 Å². The van der Waals surface area contributed by atoms with Gasteiger partial charge < -0.3 is 9.47 Å². The summed E-state index contributed by atoms with van der Waals surface area (Å²) < 4.78 is 11.1. The minimum Gasteiger partial charge on any atom is -0.497 e. The summed E-state index contributed by atoms with van der Waals surface area (Å²) in [5.41, 5.74) is 2.45. The third-order valence-corrected chi connectivity index (χ3v) is 4.34. The molecule has 0 unspecified atom stereocenters. The summed E-state index contributed by atoms with van der Waals surface area (Å²) in [4.78, 5) is 0.275. The number of alkyl halides is 1. The van der Waals surface area contributed by atoms with Gasteiger partial charge in [0, 0.05) is 11.4 Å². The Morgan fingerprint density at radius 2 is 1.62 bits per heavy atom. The van der Waals surface area contributed by atoms with Crippen molar-refractivity contribution >= 4 is 15.9 Å². The van der Waals surface area contributed by atoms with Crippen LogP contribution in [-0.2, 0) is 4.74 Å². The lowest BCUT2D eigenvalue weighted by Crippen LogP contribution is -2.07. The van der Waals surface area contributed by atoms with Gasteiger partial charge in [0.25, 0.3) is 0 Å². The maximum Gasteiger partial charge on any atom is 0.118 e. The zero-order valence-electron chi connectivity index (χ0n) is 12.5. The molecule has 0 amide bonds. The Kier molecular flexibility index (Phi) is 6.27. The van der Waals surface area contributed by atoms with Crippen LogP contribution in [0.5, 0.6) is 5.75 Å². The first-order valence-electron chi connectivity index (χ1n) is 7.19. The highest BCUT2D eigenvalue weighted by atomic mass is 79.9. The molecule has 0 saturated carbocycles. The van der Waals surface area contributed by atoms with Crippen LogP contribution in [0.25, 0.3) is 0 Å². The third kappa shape index (κ3) is 4.58. The van der Waals surface area contributed by atoms with E-state index in [9.17, 15) is 0 Å². The maximum atomic E-state index is 5.92. The zero-order valence-corrected chi connectivity index (χ0v) is 14.0. The highest BCUT2D eigenvalue weighted by Crippen LogP contribution is 2.35. The van der Waals surface area contributed by atoms with E-state index in [2.05, 4.69) is 52.3 Å². The molecule has 3 heteroatoms. The lowest BCUT2D eigenvalue weighted by Gasteiger charge is -2.21. The number of hydrogen-bond donors (Lipinski definition) is 0. The molecule has 0 aromatic heterocycles. The quantitative estimate of drug-likeness (QED) is 0.632. The fraction of sp³-hybridized carbons (Fsp3) is 0.333. The molecule has 0 aliphatic carbocycles. The second-order valence-electron chi connectivity index (χ2n) is 4.83. The van der Waals surface area contributed by atoms with E-state index in [1.165, 1.54) is 11.1 Å². The molecule has 0 spiro atoms. The van der Waals surface area contributed by atoms with Crippen LogP contribution in [0.15, 0.2) is 54.6 Å². The lowest BCUT2D eigenvalue weighted by atomic mass is 10.0.